The molecule has 0 aromatic heterocycles. The highest BCUT2D eigenvalue weighted by Crippen LogP contribution is 2.17. The summed E-state index contributed by atoms with van der Waals surface area (Å²) in [6.45, 7) is 6.65. The van der Waals surface area contributed by atoms with Gasteiger partial charge in [0.1, 0.15) is 13.2 Å². The summed E-state index contributed by atoms with van der Waals surface area (Å²) in [4.78, 5) is 38.3. The lowest BCUT2D eigenvalue weighted by atomic mass is 10.0. The SMILES string of the molecule is CCCCCC/C=C\C/C=C\CCCCCCCC(=O)OCC(COC(=O)CCCCCCCCCCC/C=C\C/C=C\CCCCCCC)OC(=O)CCCCCCCCCCCCCCCCCCC. The molecule has 0 aliphatic heterocycles. The first-order valence-electron chi connectivity index (χ1n) is 31.6. The highest BCUT2D eigenvalue weighted by atomic mass is 16.6. The number of carbonyl (C=O) groups is 3. The van der Waals surface area contributed by atoms with Crippen LogP contribution in [0.2, 0.25) is 0 Å². The van der Waals surface area contributed by atoms with Gasteiger partial charge in [0.15, 0.2) is 6.10 Å². The molecule has 0 saturated heterocycles. The lowest BCUT2D eigenvalue weighted by molar-refractivity contribution is -0.167. The van der Waals surface area contributed by atoms with Gasteiger partial charge in [-0.2, -0.15) is 0 Å². The van der Waals surface area contributed by atoms with Crippen LogP contribution in [0.1, 0.15) is 335 Å². The van der Waals surface area contributed by atoms with Gasteiger partial charge in [-0.05, 0) is 83.5 Å². The Morgan fingerprint density at radius 2 is 0.500 bits per heavy atom. The third kappa shape index (κ3) is 58.3. The normalized spacial score (nSPS) is 12.3. The summed E-state index contributed by atoms with van der Waals surface area (Å²) in [7, 11) is 0. The highest BCUT2D eigenvalue weighted by Gasteiger charge is 2.19. The first-order valence-corrected chi connectivity index (χ1v) is 31.6. The van der Waals surface area contributed by atoms with Gasteiger partial charge in [-0.15, -0.1) is 0 Å². The largest absolute Gasteiger partial charge is 0.462 e. The van der Waals surface area contributed by atoms with Crippen molar-refractivity contribution < 1.29 is 28.6 Å². The molecule has 72 heavy (non-hydrogen) atoms. The average Bonchev–Trinajstić information content (AvgIpc) is 3.38. The first-order chi connectivity index (χ1) is 35.5. The Morgan fingerprint density at radius 1 is 0.278 bits per heavy atom. The zero-order chi connectivity index (χ0) is 52.2. The highest BCUT2D eigenvalue weighted by molar-refractivity contribution is 5.71. The molecule has 0 saturated carbocycles. The van der Waals surface area contributed by atoms with Crippen LogP contribution in [0.15, 0.2) is 48.6 Å². The van der Waals surface area contributed by atoms with Crippen molar-refractivity contribution in [2.75, 3.05) is 13.2 Å². The Balaban J connectivity index is 4.35. The molecule has 420 valence electrons. The minimum absolute atomic E-state index is 0.0766. The molecule has 0 spiro atoms. The van der Waals surface area contributed by atoms with Gasteiger partial charge < -0.3 is 14.2 Å². The van der Waals surface area contributed by atoms with Gasteiger partial charge in [-0.3, -0.25) is 14.4 Å². The maximum Gasteiger partial charge on any atom is 0.306 e. The number of hydrogen-bond acceptors (Lipinski definition) is 6. The van der Waals surface area contributed by atoms with Crippen molar-refractivity contribution in [2.45, 2.75) is 341 Å². The molecule has 0 rings (SSSR count). The summed E-state index contributed by atoms with van der Waals surface area (Å²) < 4.78 is 16.9. The van der Waals surface area contributed by atoms with Crippen LogP contribution in [0.25, 0.3) is 0 Å². The van der Waals surface area contributed by atoms with Gasteiger partial charge in [0.05, 0.1) is 0 Å². The van der Waals surface area contributed by atoms with Gasteiger partial charge in [0.25, 0.3) is 0 Å². The molecule has 0 aromatic rings. The standard InChI is InChI=1S/C66H120O6/c1-4-7-10-13-16-19-22-25-28-31-32-33-34-36-38-41-44-47-50-53-56-59-65(68)71-62-63(61-70-64(67)58-55-52-49-46-43-40-37-30-27-24-21-18-15-12-9-6-3)72-66(69)60-57-54-51-48-45-42-39-35-29-26-23-20-17-14-11-8-5-2/h21-22,24-25,30-32,37,63H,4-20,23,26-29,33-36,38-62H2,1-3H3/b24-21-,25-22-,32-31-,37-30-. The third-order valence-electron chi connectivity index (χ3n) is 14.1. The van der Waals surface area contributed by atoms with Crippen LogP contribution in [0.3, 0.4) is 0 Å². The van der Waals surface area contributed by atoms with E-state index in [9.17, 15) is 14.4 Å². The number of rotatable bonds is 58. The Labute approximate surface area is 448 Å². The van der Waals surface area contributed by atoms with Crippen LogP contribution in [0, 0.1) is 0 Å². The molecule has 0 aliphatic rings. The van der Waals surface area contributed by atoms with Crippen LogP contribution in [-0.4, -0.2) is 37.2 Å². The minimum Gasteiger partial charge on any atom is -0.462 e. The maximum atomic E-state index is 12.9. The van der Waals surface area contributed by atoms with E-state index >= 15 is 0 Å². The van der Waals surface area contributed by atoms with Gasteiger partial charge in [0.2, 0.25) is 0 Å². The van der Waals surface area contributed by atoms with Crippen molar-refractivity contribution in [3.63, 3.8) is 0 Å². The van der Waals surface area contributed by atoms with E-state index < -0.39 is 6.10 Å². The van der Waals surface area contributed by atoms with Crippen molar-refractivity contribution in [3.05, 3.63) is 48.6 Å². The zero-order valence-corrected chi connectivity index (χ0v) is 48.2. The number of ether oxygens (including phenoxy) is 3. The van der Waals surface area contributed by atoms with Crippen LogP contribution in [0.5, 0.6) is 0 Å². The molecule has 0 aromatic carbocycles. The summed E-state index contributed by atoms with van der Waals surface area (Å²) in [6, 6.07) is 0. The van der Waals surface area contributed by atoms with Crippen molar-refractivity contribution in [3.8, 4) is 0 Å². The Hall–Kier alpha value is -2.63. The molecule has 1 atom stereocenters. The molecule has 6 heteroatoms. The van der Waals surface area contributed by atoms with Gasteiger partial charge >= 0.3 is 17.9 Å². The van der Waals surface area contributed by atoms with E-state index in [0.717, 1.165) is 83.5 Å². The van der Waals surface area contributed by atoms with E-state index in [1.54, 1.807) is 0 Å². The van der Waals surface area contributed by atoms with Crippen molar-refractivity contribution >= 4 is 17.9 Å². The van der Waals surface area contributed by atoms with Gasteiger partial charge in [-0.1, -0.05) is 281 Å². The number of hydrogen-bond donors (Lipinski definition) is 0. The van der Waals surface area contributed by atoms with E-state index in [1.165, 1.54) is 212 Å². The smallest absolute Gasteiger partial charge is 0.306 e. The van der Waals surface area contributed by atoms with E-state index in [2.05, 4.69) is 69.4 Å². The molecule has 0 amide bonds. The third-order valence-corrected chi connectivity index (χ3v) is 14.1. The summed E-state index contributed by atoms with van der Waals surface area (Å²) in [6.07, 6.45) is 75.3. The Morgan fingerprint density at radius 3 is 0.778 bits per heavy atom. The summed E-state index contributed by atoms with van der Waals surface area (Å²) >= 11 is 0. The molecule has 0 aliphatic carbocycles. The summed E-state index contributed by atoms with van der Waals surface area (Å²) in [5, 5.41) is 0. The van der Waals surface area contributed by atoms with Crippen LogP contribution >= 0.6 is 0 Å². The van der Waals surface area contributed by atoms with Gasteiger partial charge in [-0.25, -0.2) is 0 Å². The molecule has 0 fully saturated rings. The van der Waals surface area contributed by atoms with E-state index in [1.807, 2.05) is 0 Å². The average molecular weight is 1010 g/mol. The number of esters is 3. The second kappa shape index (κ2) is 60.9. The predicted octanol–water partition coefficient (Wildman–Crippen LogP) is 21.4. The fraction of sp³-hybridized carbons (Fsp3) is 0.833. The Kier molecular flexibility index (Phi) is 58.7. The molecule has 0 radical (unpaired) electrons. The molecule has 0 N–H and O–H groups in total. The number of carbonyl (C=O) groups excluding carboxylic acids is 3. The molecular weight excluding hydrogens is 889 g/mol. The molecule has 0 bridgehead atoms. The monoisotopic (exact) mass is 1010 g/mol. The topological polar surface area (TPSA) is 78.9 Å². The molecule has 6 nitrogen and oxygen atoms in total. The van der Waals surface area contributed by atoms with E-state index in [0.29, 0.717) is 19.3 Å². The molecule has 0 heterocycles. The minimum atomic E-state index is -0.779. The lowest BCUT2D eigenvalue weighted by Gasteiger charge is -2.18. The fourth-order valence-electron chi connectivity index (χ4n) is 9.27. The van der Waals surface area contributed by atoms with Crippen LogP contribution in [-0.2, 0) is 28.6 Å². The van der Waals surface area contributed by atoms with Gasteiger partial charge in [0, 0.05) is 19.3 Å². The quantitative estimate of drug-likeness (QED) is 0.0261. The maximum absolute atomic E-state index is 12.9. The van der Waals surface area contributed by atoms with Crippen LogP contribution < -0.4 is 0 Å². The van der Waals surface area contributed by atoms with Crippen LogP contribution in [0.4, 0.5) is 0 Å². The number of unbranched alkanes of at least 4 members (excludes halogenated alkanes) is 39. The predicted molar refractivity (Wildman–Crippen MR) is 312 cm³/mol. The lowest BCUT2D eigenvalue weighted by Crippen LogP contribution is -2.30. The molecule has 1 unspecified atom stereocenters. The zero-order valence-electron chi connectivity index (χ0n) is 48.2. The van der Waals surface area contributed by atoms with Crippen molar-refractivity contribution in [1.29, 1.82) is 0 Å². The fourth-order valence-corrected chi connectivity index (χ4v) is 9.27. The summed E-state index contributed by atoms with van der Waals surface area (Å²) in [5.74, 6) is -0.874. The van der Waals surface area contributed by atoms with Crippen molar-refractivity contribution in [1.82, 2.24) is 0 Å². The first kappa shape index (κ1) is 69.4. The van der Waals surface area contributed by atoms with E-state index in [4.69, 9.17) is 14.2 Å². The second-order valence-electron chi connectivity index (χ2n) is 21.3. The Bertz CT molecular complexity index is 1250. The second-order valence-corrected chi connectivity index (χ2v) is 21.3. The summed E-state index contributed by atoms with van der Waals surface area (Å²) in [5.41, 5.74) is 0. The van der Waals surface area contributed by atoms with E-state index in [-0.39, 0.29) is 31.1 Å². The molecular formula is C66H120O6. The van der Waals surface area contributed by atoms with Crippen molar-refractivity contribution in [2.24, 2.45) is 0 Å². The number of allylic oxidation sites excluding steroid dienone is 8.